The van der Waals surface area contributed by atoms with Crippen molar-refractivity contribution in [2.24, 2.45) is 18.0 Å². The lowest BCUT2D eigenvalue weighted by Crippen LogP contribution is -2.30. The maximum atomic E-state index is 13.4. The molecule has 0 N–H and O–H groups in total. The Morgan fingerprint density at radius 2 is 1.83 bits per heavy atom. The normalized spacial score (nSPS) is 15.7. The van der Waals surface area contributed by atoms with E-state index in [0.717, 1.165) is 49.4 Å². The molecule has 0 bridgehead atoms. The molecule has 0 atom stereocenters. The molecule has 3 rings (SSSR count). The molecular formula is C25H34F3N3O4S. The molecule has 0 radical (unpaired) electrons. The highest BCUT2D eigenvalue weighted by Crippen LogP contribution is 2.33. The molecule has 1 heterocycles. The topological polar surface area (TPSA) is 82.7 Å². The van der Waals surface area contributed by atoms with Crippen molar-refractivity contribution in [1.29, 1.82) is 0 Å². The average molecular weight is 530 g/mol. The Balaban J connectivity index is 2.02. The Bertz CT molecular complexity index is 1280. The Morgan fingerprint density at radius 1 is 1.17 bits per heavy atom. The van der Waals surface area contributed by atoms with Crippen LogP contribution in [0.4, 0.5) is 13.2 Å². The molecule has 11 heteroatoms. The van der Waals surface area contributed by atoms with Gasteiger partial charge in [-0.25, -0.2) is 8.42 Å². The van der Waals surface area contributed by atoms with Gasteiger partial charge in [-0.3, -0.25) is 14.2 Å². The Labute approximate surface area is 209 Å². The monoisotopic (exact) mass is 529 g/mol. The lowest BCUT2D eigenvalue weighted by Gasteiger charge is -2.27. The summed E-state index contributed by atoms with van der Waals surface area (Å²) in [6.45, 7) is 6.71. The molecule has 0 saturated heterocycles. The van der Waals surface area contributed by atoms with Crippen molar-refractivity contribution in [2.45, 2.75) is 64.6 Å². The number of halogens is 3. The molecule has 7 nitrogen and oxygen atoms in total. The fourth-order valence-corrected chi connectivity index (χ4v) is 4.81. The minimum Gasteiger partial charge on any atom is -0.493 e. The first-order chi connectivity index (χ1) is 16.6. The number of hydrogen-bond acceptors (Lipinski definition) is 4. The van der Waals surface area contributed by atoms with Crippen LogP contribution in [0.5, 0.6) is 5.75 Å². The molecule has 200 valence electrons. The van der Waals surface area contributed by atoms with E-state index >= 15 is 0 Å². The van der Waals surface area contributed by atoms with E-state index in [9.17, 15) is 26.4 Å². The molecule has 1 amide bonds. The summed E-state index contributed by atoms with van der Waals surface area (Å²) in [5.41, 5.74) is -0.234. The largest absolute Gasteiger partial charge is 0.493 e. The molecule has 1 fully saturated rings. The summed E-state index contributed by atoms with van der Waals surface area (Å²) in [5.74, 6) is -0.597. The van der Waals surface area contributed by atoms with Crippen LogP contribution >= 0.6 is 0 Å². The summed E-state index contributed by atoms with van der Waals surface area (Å²) in [6, 6.07) is 4.46. The average Bonchev–Trinajstić information content (AvgIpc) is 3.02. The molecule has 0 aliphatic heterocycles. The summed E-state index contributed by atoms with van der Waals surface area (Å²) in [6.07, 6.45) is -0.119. The Hall–Kier alpha value is -2.56. The van der Waals surface area contributed by atoms with Gasteiger partial charge in [-0.05, 0) is 43.4 Å². The third-order valence-electron chi connectivity index (χ3n) is 6.34. The summed E-state index contributed by atoms with van der Waals surface area (Å²) in [5, 5.41) is 0. The predicted octanol–water partition coefficient (Wildman–Crippen LogP) is 4.50. The van der Waals surface area contributed by atoms with Crippen molar-refractivity contribution < 1.29 is 31.1 Å². The van der Waals surface area contributed by atoms with Gasteiger partial charge >= 0.3 is 6.18 Å². The van der Waals surface area contributed by atoms with E-state index in [0.29, 0.717) is 18.0 Å². The molecule has 1 saturated carbocycles. The van der Waals surface area contributed by atoms with Crippen LogP contribution in [0.2, 0.25) is 0 Å². The summed E-state index contributed by atoms with van der Waals surface area (Å²) < 4.78 is 72.3. The summed E-state index contributed by atoms with van der Waals surface area (Å²) >= 11 is 0. The molecule has 1 aliphatic rings. The number of ether oxygens (including phenoxy) is 1. The third kappa shape index (κ3) is 7.02. The van der Waals surface area contributed by atoms with Gasteiger partial charge in [0.15, 0.2) is 5.49 Å². The van der Waals surface area contributed by atoms with Crippen LogP contribution in [0, 0.1) is 5.92 Å². The highest BCUT2D eigenvalue weighted by Gasteiger charge is 2.32. The zero-order chi connectivity index (χ0) is 26.9. The zero-order valence-corrected chi connectivity index (χ0v) is 22.2. The molecule has 1 aliphatic carbocycles. The van der Waals surface area contributed by atoms with Crippen molar-refractivity contribution in [3.8, 4) is 5.75 Å². The first-order valence-corrected chi connectivity index (χ1v) is 14.0. The standard InChI is InChI=1S/C25H34F3N3O4S/c1-24(2,3)21-15-22(31(30(21)4)16-17-8-6-9-17)29-23(32)19-14-18(25(26,27)28)10-11-20(19)35-12-7-13-36(5,33)34/h10-11,14-15,17H,6-9,12-13,16H2,1-5H3/b29-22+. The fraction of sp³-hybridized carbons (Fsp3) is 0.600. The molecule has 1 aromatic heterocycles. The van der Waals surface area contributed by atoms with E-state index in [1.54, 1.807) is 6.07 Å². The molecular weight excluding hydrogens is 495 g/mol. The number of benzene rings is 1. The van der Waals surface area contributed by atoms with Gasteiger partial charge in [-0.15, -0.1) is 0 Å². The number of hydrogen-bond donors (Lipinski definition) is 0. The number of aromatic nitrogens is 2. The van der Waals surface area contributed by atoms with E-state index < -0.39 is 27.5 Å². The van der Waals surface area contributed by atoms with E-state index in [1.165, 1.54) is 0 Å². The zero-order valence-electron chi connectivity index (χ0n) is 21.4. The van der Waals surface area contributed by atoms with Gasteiger partial charge in [-0.1, -0.05) is 27.2 Å². The highest BCUT2D eigenvalue weighted by atomic mass is 32.2. The predicted molar refractivity (Wildman–Crippen MR) is 131 cm³/mol. The first-order valence-electron chi connectivity index (χ1n) is 11.9. The molecule has 0 spiro atoms. The van der Waals surface area contributed by atoms with Crippen LogP contribution in [0.3, 0.4) is 0 Å². The second kappa shape index (κ2) is 10.4. The first kappa shape index (κ1) is 28.0. The molecule has 0 unspecified atom stereocenters. The lowest BCUT2D eigenvalue weighted by atomic mass is 9.85. The van der Waals surface area contributed by atoms with Crippen molar-refractivity contribution in [3.05, 3.63) is 46.6 Å². The maximum Gasteiger partial charge on any atom is 0.416 e. The van der Waals surface area contributed by atoms with Crippen molar-refractivity contribution in [2.75, 3.05) is 18.6 Å². The van der Waals surface area contributed by atoms with Gasteiger partial charge < -0.3 is 4.74 Å². The summed E-state index contributed by atoms with van der Waals surface area (Å²) in [7, 11) is -1.33. The lowest BCUT2D eigenvalue weighted by molar-refractivity contribution is -0.137. The van der Waals surface area contributed by atoms with Gasteiger partial charge in [0, 0.05) is 37.0 Å². The minimum absolute atomic E-state index is 0.0669. The Kier molecular flexibility index (Phi) is 8.12. The van der Waals surface area contributed by atoms with Crippen molar-refractivity contribution in [1.82, 2.24) is 9.36 Å². The fourth-order valence-electron chi connectivity index (χ4n) is 4.17. The highest BCUT2D eigenvalue weighted by molar-refractivity contribution is 7.90. The number of alkyl halides is 3. The second-order valence-electron chi connectivity index (χ2n) is 10.5. The van der Waals surface area contributed by atoms with Crippen LogP contribution in [0.15, 0.2) is 29.3 Å². The summed E-state index contributed by atoms with van der Waals surface area (Å²) in [4.78, 5) is 17.5. The SMILES string of the molecule is Cn1c(C(C)(C)C)c/c(=N\C(=O)c2cc(C(F)(F)F)ccc2OCCCS(C)(=O)=O)n1CC1CCC1. The van der Waals surface area contributed by atoms with Gasteiger partial charge in [0.05, 0.1) is 23.5 Å². The smallest absolute Gasteiger partial charge is 0.416 e. The van der Waals surface area contributed by atoms with Gasteiger partial charge in [-0.2, -0.15) is 18.2 Å². The molecule has 1 aromatic carbocycles. The number of carbonyl (C=O) groups is 1. The molecule has 2 aromatic rings. The van der Waals surface area contributed by atoms with E-state index in [4.69, 9.17) is 4.74 Å². The van der Waals surface area contributed by atoms with Crippen LogP contribution in [-0.4, -0.2) is 42.3 Å². The van der Waals surface area contributed by atoms with Crippen LogP contribution in [-0.2, 0) is 35.0 Å². The molecule has 36 heavy (non-hydrogen) atoms. The number of sulfone groups is 1. The van der Waals surface area contributed by atoms with E-state index in [-0.39, 0.29) is 35.5 Å². The number of carbonyl (C=O) groups excluding carboxylic acids is 1. The van der Waals surface area contributed by atoms with Crippen LogP contribution in [0.1, 0.15) is 68.1 Å². The van der Waals surface area contributed by atoms with Crippen molar-refractivity contribution >= 4 is 15.7 Å². The van der Waals surface area contributed by atoms with Gasteiger partial charge in [0.2, 0.25) is 0 Å². The minimum atomic E-state index is -4.65. The van der Waals surface area contributed by atoms with Gasteiger partial charge in [0.1, 0.15) is 15.6 Å². The van der Waals surface area contributed by atoms with E-state index in [1.807, 2.05) is 37.2 Å². The maximum absolute atomic E-state index is 13.4. The van der Waals surface area contributed by atoms with Gasteiger partial charge in [0.25, 0.3) is 5.91 Å². The second-order valence-corrected chi connectivity index (χ2v) is 12.8. The third-order valence-corrected chi connectivity index (χ3v) is 7.37. The van der Waals surface area contributed by atoms with E-state index in [2.05, 4.69) is 4.99 Å². The Morgan fingerprint density at radius 3 is 2.36 bits per heavy atom. The number of nitrogens with zero attached hydrogens (tertiary/aromatic N) is 3. The number of rotatable bonds is 8. The quantitative estimate of drug-likeness (QED) is 0.472. The van der Waals surface area contributed by atoms with Crippen LogP contribution < -0.4 is 10.2 Å². The van der Waals surface area contributed by atoms with Crippen LogP contribution in [0.25, 0.3) is 0 Å². The number of amides is 1. The van der Waals surface area contributed by atoms with Crippen molar-refractivity contribution in [3.63, 3.8) is 0 Å².